The van der Waals surface area contributed by atoms with E-state index in [1.807, 2.05) is 0 Å². The SMILES string of the molecule is CC[C@H](C)[C@H](NC(=O)[C@H](CC(=O)O)NC(=O)[C@H](CCCCN)NC(=O)[C@H](CO)NC(=O)[C@H](Cc1c[nH]c2ccccc12)NC(=O)[C@H](Cc1ccccc1)NC(=O)[C@@H](NC(=O)[C@H](CC(C)C)NC(=O)[C@@H](NC(=O)[C@@H](N)CC(=O)O)[C@@H](C)CC)[C@@H](C)CC)C(=O)NCC(=O)N[C@@H](Cc1ccc(O)cc1)C(=O)N[C@@H](CO)C(=O)N[C@@H](Cc1ccccc1)C(=O)N[C@H](C(=O)O)[C@@H](C)O. The Bertz CT molecular complexity index is 4620. The molecule has 0 unspecified atom stereocenters. The number of carbonyl (C=O) groups excluding carboxylic acids is 14. The Hall–Kier alpha value is -13.0. The number of carbonyl (C=O) groups is 17. The van der Waals surface area contributed by atoms with Crippen LogP contribution in [0.2, 0.25) is 0 Å². The lowest BCUT2D eigenvalue weighted by Gasteiger charge is -2.31. The van der Waals surface area contributed by atoms with E-state index in [-0.39, 0.29) is 82.4 Å². The number of benzene rings is 4. The number of hydrogen-bond acceptors (Lipinski definition) is 23. The number of nitrogens with two attached hydrogens (primary N) is 2. The number of aliphatic hydroxyl groups excluding tert-OH is 3. The van der Waals surface area contributed by atoms with E-state index >= 15 is 9.59 Å². The molecule has 0 aliphatic heterocycles. The van der Waals surface area contributed by atoms with Crippen LogP contribution in [0.5, 0.6) is 5.75 Å². The van der Waals surface area contributed by atoms with Crippen LogP contribution in [0.25, 0.3) is 10.9 Å². The molecule has 706 valence electrons. The predicted octanol–water partition coefficient (Wildman–Crippen LogP) is -2.40. The van der Waals surface area contributed by atoms with Crippen LogP contribution in [0, 0.1) is 23.7 Å². The van der Waals surface area contributed by atoms with Gasteiger partial charge in [0, 0.05) is 42.8 Å². The summed E-state index contributed by atoms with van der Waals surface area (Å²) in [5, 5.41) is 106. The predicted molar refractivity (Wildman–Crippen MR) is 469 cm³/mol. The fourth-order valence-electron chi connectivity index (χ4n) is 13.6. The molecule has 0 aliphatic rings. The number of aliphatic hydroxyl groups is 3. The number of hydrogen-bond donors (Lipinski definition) is 24. The normalized spacial score (nSPS) is 15.4. The smallest absolute Gasteiger partial charge is 0.328 e. The van der Waals surface area contributed by atoms with Crippen molar-refractivity contribution in [2.75, 3.05) is 26.3 Å². The number of unbranched alkanes of at least 4 members (excludes halogenated alkanes) is 1. The van der Waals surface area contributed by atoms with Gasteiger partial charge >= 0.3 is 17.9 Å². The van der Waals surface area contributed by atoms with Crippen LogP contribution < -0.4 is 85.9 Å². The first kappa shape index (κ1) is 107. The number of fused-ring (bicyclic) bond motifs is 1. The van der Waals surface area contributed by atoms with Gasteiger partial charge in [0.15, 0.2) is 6.04 Å². The molecular formula is C88H125N17O24. The first-order valence-corrected chi connectivity index (χ1v) is 42.8. The fourth-order valence-corrected chi connectivity index (χ4v) is 13.6. The summed E-state index contributed by atoms with van der Waals surface area (Å²) >= 11 is 0. The number of rotatable bonds is 56. The Morgan fingerprint density at radius 1 is 0.388 bits per heavy atom. The van der Waals surface area contributed by atoms with Gasteiger partial charge in [0.05, 0.1) is 44.7 Å². The van der Waals surface area contributed by atoms with Gasteiger partial charge in [0.1, 0.15) is 78.3 Å². The average Bonchev–Trinajstić information content (AvgIpc) is 1.70. The Balaban J connectivity index is 1.37. The van der Waals surface area contributed by atoms with Gasteiger partial charge in [-0.3, -0.25) is 76.7 Å². The second-order valence-electron chi connectivity index (χ2n) is 32.4. The van der Waals surface area contributed by atoms with E-state index in [0.29, 0.717) is 39.6 Å². The van der Waals surface area contributed by atoms with Gasteiger partial charge in [-0.05, 0) is 103 Å². The maximum atomic E-state index is 15.2. The molecule has 0 saturated carbocycles. The van der Waals surface area contributed by atoms with Crippen molar-refractivity contribution < 1.29 is 117 Å². The summed E-state index contributed by atoms with van der Waals surface area (Å²) in [5.74, 6) is -21.5. The number of para-hydroxylation sites is 1. The molecule has 129 heavy (non-hydrogen) atoms. The summed E-state index contributed by atoms with van der Waals surface area (Å²) in [6.45, 7) is 11.5. The summed E-state index contributed by atoms with van der Waals surface area (Å²) in [6.07, 6.45) is -2.09. The van der Waals surface area contributed by atoms with Crippen LogP contribution >= 0.6 is 0 Å². The molecule has 0 saturated heterocycles. The number of phenolic OH excluding ortho intramolecular Hbond substituents is 1. The quantitative estimate of drug-likeness (QED) is 0.0181. The number of aliphatic carboxylic acids is 3. The largest absolute Gasteiger partial charge is 0.508 e. The molecule has 0 aliphatic carbocycles. The minimum atomic E-state index is -2.02. The number of phenols is 1. The van der Waals surface area contributed by atoms with Crippen LogP contribution in [-0.2, 0) is 107 Å². The number of carboxylic acid groups (broad SMARTS) is 3. The average molecular weight is 1810 g/mol. The van der Waals surface area contributed by atoms with Gasteiger partial charge < -0.3 is 127 Å². The van der Waals surface area contributed by atoms with Gasteiger partial charge in [-0.25, -0.2) is 4.79 Å². The summed E-state index contributed by atoms with van der Waals surface area (Å²) in [6, 6.07) is 6.03. The van der Waals surface area contributed by atoms with Gasteiger partial charge in [-0.15, -0.1) is 0 Å². The van der Waals surface area contributed by atoms with Crippen LogP contribution in [0.15, 0.2) is 115 Å². The van der Waals surface area contributed by atoms with E-state index in [1.54, 1.807) is 140 Å². The van der Waals surface area contributed by atoms with Crippen molar-refractivity contribution in [1.82, 2.24) is 79.4 Å². The van der Waals surface area contributed by atoms with Crippen molar-refractivity contribution >= 4 is 112 Å². The number of amides is 14. The number of H-pyrrole nitrogens is 1. The third kappa shape index (κ3) is 34.9. The molecular weight excluding hydrogens is 1680 g/mol. The van der Waals surface area contributed by atoms with Crippen LogP contribution in [0.3, 0.4) is 0 Å². The van der Waals surface area contributed by atoms with E-state index in [2.05, 4.69) is 79.4 Å². The second kappa shape index (κ2) is 53.6. The van der Waals surface area contributed by atoms with Crippen LogP contribution in [0.4, 0.5) is 0 Å². The zero-order valence-electron chi connectivity index (χ0n) is 73.7. The lowest BCUT2D eigenvalue weighted by Crippen LogP contribution is -2.62. The van der Waals surface area contributed by atoms with E-state index in [9.17, 15) is 108 Å². The highest BCUT2D eigenvalue weighted by atomic mass is 16.4. The second-order valence-corrected chi connectivity index (χ2v) is 32.4. The summed E-state index contributed by atoms with van der Waals surface area (Å²) in [7, 11) is 0. The molecule has 26 N–H and O–H groups in total. The first-order chi connectivity index (χ1) is 61.1. The molecule has 0 spiro atoms. The Morgan fingerprint density at radius 2 is 0.760 bits per heavy atom. The molecule has 0 bridgehead atoms. The van der Waals surface area contributed by atoms with Crippen molar-refractivity contribution in [2.45, 2.75) is 236 Å². The Labute approximate surface area is 746 Å². The molecule has 5 rings (SSSR count). The molecule has 0 fully saturated rings. The van der Waals surface area contributed by atoms with Gasteiger partial charge in [-0.1, -0.05) is 166 Å². The van der Waals surface area contributed by atoms with Gasteiger partial charge in [0.2, 0.25) is 82.7 Å². The molecule has 4 aromatic carbocycles. The number of aromatic hydroxyl groups is 1. The van der Waals surface area contributed by atoms with E-state index < -0.39 is 242 Å². The number of nitrogens with one attached hydrogen (secondary N) is 15. The number of aromatic nitrogens is 1. The zero-order valence-corrected chi connectivity index (χ0v) is 73.7. The third-order valence-electron chi connectivity index (χ3n) is 21.7. The van der Waals surface area contributed by atoms with Gasteiger partial charge in [-0.2, -0.15) is 0 Å². The number of aromatic amines is 1. The Morgan fingerprint density at radius 3 is 1.22 bits per heavy atom. The Kier molecular flexibility index (Phi) is 44.3. The van der Waals surface area contributed by atoms with Gasteiger partial charge in [0.25, 0.3) is 0 Å². The van der Waals surface area contributed by atoms with Crippen LogP contribution in [0.1, 0.15) is 142 Å². The highest BCUT2D eigenvalue weighted by molar-refractivity contribution is 6.01. The van der Waals surface area contributed by atoms with Crippen molar-refractivity contribution in [3.8, 4) is 5.75 Å². The topological polar surface area (TPSA) is 668 Å². The monoisotopic (exact) mass is 1800 g/mol. The lowest BCUT2D eigenvalue weighted by molar-refractivity contribution is -0.145. The van der Waals surface area contributed by atoms with Crippen molar-refractivity contribution in [1.29, 1.82) is 0 Å². The standard InChI is InChI=1S/C88H125N17O24/c1-10-47(6)71(85(125)92-43-68(110)93-61(38-53-30-32-55(109)33-31-53)77(117)100-67(45-107)84(124)95-63(37-52-25-17-14-18-26-52)81(121)105-74(50(9)108)88(128)129)103-82(122)65(41-70(113)114)97-76(116)59(29-21-22-34-89)94-83(123)66(44-106)101-79(119)64(39-54-42-91-58-28-20-19-27-56(54)58)96-78(118)62(36-51-23-15-13-16-24-51)99-87(127)73(49(8)12-3)104-80(120)60(35-46(4)5)98-86(126)72(48(7)11-2)102-75(115)57(90)40-69(111)112/h13-20,23-28,30-33,42,46-50,57,59-67,71-74,91,106-109H,10-12,21-22,29,34-41,43-45,89-90H2,1-9H3,(H,92,125)(H,93,110)(H,94,123)(H,95,124)(H,96,118)(H,97,116)(H,98,126)(H,99,127)(H,100,117)(H,101,119)(H,102,115)(H,103,122)(H,104,120)(H,105,121)(H,111,112)(H,113,114)(H,128,129)/t47-,48-,49-,50+,57-,59-,60-,61-,62-,63-,64-,65-,66-,67-,71-,72-,73-,74-/m0/s1. The van der Waals surface area contributed by atoms with Crippen molar-refractivity contribution in [3.63, 3.8) is 0 Å². The fraction of sp³-hybridized carbons (Fsp3) is 0.511. The zero-order chi connectivity index (χ0) is 95.9. The summed E-state index contributed by atoms with van der Waals surface area (Å²) < 4.78 is 0. The maximum Gasteiger partial charge on any atom is 0.328 e. The molecule has 0 radical (unpaired) electrons. The minimum Gasteiger partial charge on any atom is -0.508 e. The van der Waals surface area contributed by atoms with E-state index in [1.165, 1.54) is 31.2 Å². The summed E-state index contributed by atoms with van der Waals surface area (Å²) in [4.78, 5) is 239. The molecule has 41 heteroatoms. The summed E-state index contributed by atoms with van der Waals surface area (Å²) in [5.41, 5.74) is 14.1. The molecule has 1 heterocycles. The lowest BCUT2D eigenvalue weighted by atomic mass is 9.94. The minimum absolute atomic E-state index is 0.0289. The van der Waals surface area contributed by atoms with E-state index in [4.69, 9.17) is 11.5 Å². The first-order valence-electron chi connectivity index (χ1n) is 42.8. The molecule has 14 amide bonds. The van der Waals surface area contributed by atoms with E-state index in [0.717, 1.165) is 6.92 Å². The molecule has 1 aromatic heterocycles. The highest BCUT2D eigenvalue weighted by Crippen LogP contribution is 2.22. The third-order valence-corrected chi connectivity index (χ3v) is 21.7. The molecule has 5 aromatic rings. The van der Waals surface area contributed by atoms with Crippen molar-refractivity contribution in [3.05, 3.63) is 138 Å². The number of carboxylic acids is 3. The highest BCUT2D eigenvalue weighted by Gasteiger charge is 2.41. The van der Waals surface area contributed by atoms with Crippen molar-refractivity contribution in [2.24, 2.45) is 35.1 Å². The van der Waals surface area contributed by atoms with Crippen LogP contribution in [-0.4, -0.2) is 258 Å². The molecule has 41 nitrogen and oxygen atoms in total. The maximum absolute atomic E-state index is 15.2. The molecule has 18 atom stereocenters.